The van der Waals surface area contributed by atoms with E-state index in [1.807, 2.05) is 12.1 Å². The molecule has 1 atom stereocenters. The smallest absolute Gasteiger partial charge is 0.335 e. The Morgan fingerprint density at radius 3 is 2.25 bits per heavy atom. The Bertz CT molecular complexity index is 1180. The van der Waals surface area contributed by atoms with E-state index in [0.717, 1.165) is 10.1 Å². The second-order valence-electron chi connectivity index (χ2n) is 6.27. The zero-order valence-corrected chi connectivity index (χ0v) is 15.8. The second-order valence-corrected chi connectivity index (χ2v) is 7.14. The van der Waals surface area contributed by atoms with Crippen molar-refractivity contribution < 1.29 is 5.11 Å². The number of H-pyrrole nitrogens is 1. The largest absolute Gasteiger partial charge is 0.493 e. The Labute approximate surface area is 168 Å². The van der Waals surface area contributed by atoms with Crippen molar-refractivity contribution in [1.29, 1.82) is 0 Å². The molecule has 0 saturated heterocycles. The highest BCUT2D eigenvalue weighted by atomic mass is 35.5. The maximum atomic E-state index is 12.4. The highest BCUT2D eigenvalue weighted by Crippen LogP contribution is 2.27. The lowest BCUT2D eigenvalue weighted by molar-refractivity contribution is 0.429. The molecule has 1 aliphatic heterocycles. The number of aromatic amines is 1. The number of nitrogens with one attached hydrogen (secondary N) is 2. The van der Waals surface area contributed by atoms with Crippen LogP contribution in [0.15, 0.2) is 63.2 Å². The highest BCUT2D eigenvalue weighted by molar-refractivity contribution is 6.30. The average Bonchev–Trinajstić information content (AvgIpc) is 3.13. The van der Waals surface area contributed by atoms with Gasteiger partial charge in [0.05, 0.1) is 17.4 Å². The van der Waals surface area contributed by atoms with Gasteiger partial charge in [0.15, 0.2) is 0 Å². The summed E-state index contributed by atoms with van der Waals surface area (Å²) in [6.07, 6.45) is 0.358. The third-order valence-electron chi connectivity index (χ3n) is 4.48. The number of hydrogen-bond donors (Lipinski definition) is 3. The maximum Gasteiger partial charge on any atom is 0.335 e. The number of nitrogens with zero attached hydrogens (tertiary/aromatic N) is 2. The molecule has 2 heterocycles. The molecular weight excluding hydrogens is 403 g/mol. The quantitative estimate of drug-likeness (QED) is 0.610. The summed E-state index contributed by atoms with van der Waals surface area (Å²) in [4.78, 5) is 26.9. The molecule has 9 heteroatoms. The van der Waals surface area contributed by atoms with E-state index in [-0.39, 0.29) is 11.6 Å². The van der Waals surface area contributed by atoms with Gasteiger partial charge in [-0.15, -0.1) is 0 Å². The molecule has 2 aromatic carbocycles. The van der Waals surface area contributed by atoms with Crippen molar-refractivity contribution in [3.05, 3.63) is 90.5 Å². The molecule has 0 radical (unpaired) electrons. The zero-order valence-electron chi connectivity index (χ0n) is 14.3. The standard InChI is InChI=1S/C19H14Cl2N4O3/c20-11-3-1-10(2-4-11)14-9-15(24-23-14)16-17(26)22-19(28)25(18(16)27)13-7-5-12(21)6-8-13/h1-8,14,23,27H,9H2,(H,22,26,28)/t14-/m1/s1. The molecule has 142 valence electrons. The van der Waals surface area contributed by atoms with E-state index >= 15 is 0 Å². The second kappa shape index (κ2) is 7.18. The van der Waals surface area contributed by atoms with Gasteiger partial charge >= 0.3 is 5.69 Å². The van der Waals surface area contributed by atoms with Crippen LogP contribution in [0.3, 0.4) is 0 Å². The molecule has 0 aliphatic carbocycles. The van der Waals surface area contributed by atoms with Gasteiger partial charge in [-0.3, -0.25) is 9.78 Å². The monoisotopic (exact) mass is 416 g/mol. The number of hydrazone groups is 1. The molecule has 7 nitrogen and oxygen atoms in total. The first-order valence-electron chi connectivity index (χ1n) is 8.36. The van der Waals surface area contributed by atoms with E-state index in [1.54, 1.807) is 36.4 Å². The summed E-state index contributed by atoms with van der Waals surface area (Å²) in [7, 11) is 0. The number of halogens is 2. The van der Waals surface area contributed by atoms with Crippen molar-refractivity contribution in [2.75, 3.05) is 0 Å². The van der Waals surface area contributed by atoms with Gasteiger partial charge in [-0.05, 0) is 42.0 Å². The Morgan fingerprint density at radius 1 is 1.00 bits per heavy atom. The normalized spacial score (nSPS) is 15.9. The van der Waals surface area contributed by atoms with Gasteiger partial charge in [-0.1, -0.05) is 35.3 Å². The maximum absolute atomic E-state index is 12.4. The van der Waals surface area contributed by atoms with Crippen LogP contribution < -0.4 is 16.7 Å². The average molecular weight is 417 g/mol. The summed E-state index contributed by atoms with van der Waals surface area (Å²) < 4.78 is 1.01. The van der Waals surface area contributed by atoms with Gasteiger partial charge < -0.3 is 10.5 Å². The van der Waals surface area contributed by atoms with Gasteiger partial charge in [-0.25, -0.2) is 9.36 Å². The van der Waals surface area contributed by atoms with Crippen LogP contribution in [0, 0.1) is 0 Å². The van der Waals surface area contributed by atoms with Crippen LogP contribution in [0.2, 0.25) is 10.0 Å². The Kier molecular flexibility index (Phi) is 4.70. The lowest BCUT2D eigenvalue weighted by Crippen LogP contribution is -2.33. The van der Waals surface area contributed by atoms with Crippen LogP contribution in [0.5, 0.6) is 5.88 Å². The van der Waals surface area contributed by atoms with Crippen LogP contribution in [0.25, 0.3) is 5.69 Å². The number of aromatic hydroxyl groups is 1. The van der Waals surface area contributed by atoms with Crippen molar-refractivity contribution >= 4 is 28.9 Å². The minimum absolute atomic E-state index is 0.0569. The fourth-order valence-corrected chi connectivity index (χ4v) is 3.35. The van der Waals surface area contributed by atoms with Gasteiger partial charge in [-0.2, -0.15) is 5.10 Å². The van der Waals surface area contributed by atoms with E-state index in [1.165, 1.54) is 0 Å². The summed E-state index contributed by atoms with van der Waals surface area (Å²) in [5.41, 5.74) is 3.09. The number of hydrogen-bond acceptors (Lipinski definition) is 5. The molecule has 1 aliphatic rings. The molecule has 3 aromatic rings. The summed E-state index contributed by atoms with van der Waals surface area (Å²) in [6.45, 7) is 0. The Balaban J connectivity index is 1.73. The van der Waals surface area contributed by atoms with E-state index < -0.39 is 17.1 Å². The van der Waals surface area contributed by atoms with E-state index in [4.69, 9.17) is 23.2 Å². The molecule has 0 bridgehead atoms. The molecule has 0 fully saturated rings. The first-order chi connectivity index (χ1) is 13.4. The van der Waals surface area contributed by atoms with Crippen LogP contribution >= 0.6 is 23.2 Å². The topological polar surface area (TPSA) is 99.5 Å². The van der Waals surface area contributed by atoms with Crippen LogP contribution in [0.4, 0.5) is 0 Å². The molecular formula is C19H14Cl2N4O3. The molecule has 4 rings (SSSR count). The molecule has 0 unspecified atom stereocenters. The fraction of sp³-hybridized carbons (Fsp3) is 0.105. The number of aromatic nitrogens is 2. The Morgan fingerprint density at radius 2 is 1.61 bits per heavy atom. The summed E-state index contributed by atoms with van der Waals surface area (Å²) in [5.74, 6) is -0.478. The first kappa shape index (κ1) is 18.3. The lowest BCUT2D eigenvalue weighted by Gasteiger charge is -2.12. The molecule has 28 heavy (non-hydrogen) atoms. The minimum Gasteiger partial charge on any atom is -0.493 e. The number of rotatable bonds is 3. The molecule has 1 aromatic heterocycles. The fourth-order valence-electron chi connectivity index (χ4n) is 3.10. The molecule has 3 N–H and O–H groups in total. The van der Waals surface area contributed by atoms with E-state index in [2.05, 4.69) is 15.5 Å². The van der Waals surface area contributed by atoms with Gasteiger partial charge in [0.1, 0.15) is 5.56 Å². The van der Waals surface area contributed by atoms with Gasteiger partial charge in [0.25, 0.3) is 5.56 Å². The van der Waals surface area contributed by atoms with Crippen molar-refractivity contribution in [1.82, 2.24) is 15.0 Å². The zero-order chi connectivity index (χ0) is 19.8. The van der Waals surface area contributed by atoms with Gasteiger partial charge in [0, 0.05) is 16.5 Å². The van der Waals surface area contributed by atoms with Crippen molar-refractivity contribution in [3.63, 3.8) is 0 Å². The minimum atomic E-state index is -0.755. The van der Waals surface area contributed by atoms with Crippen molar-refractivity contribution in [3.8, 4) is 11.6 Å². The highest BCUT2D eigenvalue weighted by Gasteiger charge is 2.27. The molecule has 0 saturated carbocycles. The first-order valence-corrected chi connectivity index (χ1v) is 9.12. The number of benzene rings is 2. The lowest BCUT2D eigenvalue weighted by atomic mass is 10.00. The van der Waals surface area contributed by atoms with E-state index in [0.29, 0.717) is 27.9 Å². The van der Waals surface area contributed by atoms with Gasteiger partial charge in [0.2, 0.25) is 5.88 Å². The SMILES string of the molecule is O=c1[nH]c(=O)n(-c2ccc(Cl)cc2)c(O)c1C1=NN[C@@H](c2ccc(Cl)cc2)C1. The predicted molar refractivity (Wildman–Crippen MR) is 108 cm³/mol. The third-order valence-corrected chi connectivity index (χ3v) is 4.99. The summed E-state index contributed by atoms with van der Waals surface area (Å²) in [6, 6.07) is 13.4. The third kappa shape index (κ3) is 3.30. The molecule has 0 spiro atoms. The van der Waals surface area contributed by atoms with E-state index in [9.17, 15) is 14.7 Å². The van der Waals surface area contributed by atoms with Crippen LogP contribution in [0.1, 0.15) is 23.6 Å². The van der Waals surface area contributed by atoms with Crippen molar-refractivity contribution in [2.24, 2.45) is 5.10 Å². The summed E-state index contributed by atoms with van der Waals surface area (Å²) >= 11 is 11.8. The molecule has 0 amide bonds. The Hall–Kier alpha value is -3.03. The van der Waals surface area contributed by atoms with Crippen molar-refractivity contribution in [2.45, 2.75) is 12.5 Å². The summed E-state index contributed by atoms with van der Waals surface area (Å²) in [5, 5.41) is 16.0. The van der Waals surface area contributed by atoms with Crippen LogP contribution in [-0.4, -0.2) is 20.4 Å². The van der Waals surface area contributed by atoms with Crippen LogP contribution in [-0.2, 0) is 0 Å². The predicted octanol–water partition coefficient (Wildman–Crippen LogP) is 2.98.